The SMILES string of the molecule is CCNCC(Cc1ccc(OC)cc1)Cc1cnn(C)c1. The van der Waals surface area contributed by atoms with Gasteiger partial charge in [-0.2, -0.15) is 5.10 Å². The first-order chi connectivity index (χ1) is 10.2. The number of aromatic nitrogens is 2. The fourth-order valence-corrected chi connectivity index (χ4v) is 2.57. The van der Waals surface area contributed by atoms with Crippen LogP contribution in [0.3, 0.4) is 0 Å². The van der Waals surface area contributed by atoms with Crippen LogP contribution in [-0.4, -0.2) is 30.0 Å². The van der Waals surface area contributed by atoms with Crippen LogP contribution in [0.15, 0.2) is 36.7 Å². The molecule has 114 valence electrons. The van der Waals surface area contributed by atoms with E-state index in [2.05, 4.69) is 35.7 Å². The van der Waals surface area contributed by atoms with Gasteiger partial charge in [-0.05, 0) is 55.1 Å². The number of ether oxygens (including phenoxy) is 1. The van der Waals surface area contributed by atoms with E-state index in [9.17, 15) is 0 Å². The topological polar surface area (TPSA) is 39.1 Å². The zero-order valence-corrected chi connectivity index (χ0v) is 13.2. The van der Waals surface area contributed by atoms with Gasteiger partial charge in [0, 0.05) is 13.2 Å². The molecule has 21 heavy (non-hydrogen) atoms. The molecule has 0 saturated heterocycles. The number of hydrogen-bond donors (Lipinski definition) is 1. The van der Waals surface area contributed by atoms with E-state index in [1.807, 2.05) is 30.1 Å². The maximum absolute atomic E-state index is 5.21. The average Bonchev–Trinajstić information content (AvgIpc) is 2.90. The highest BCUT2D eigenvalue weighted by molar-refractivity contribution is 5.27. The quantitative estimate of drug-likeness (QED) is 0.810. The molecule has 1 unspecified atom stereocenters. The van der Waals surface area contributed by atoms with Crippen molar-refractivity contribution in [3.8, 4) is 5.75 Å². The van der Waals surface area contributed by atoms with E-state index in [1.54, 1.807) is 7.11 Å². The smallest absolute Gasteiger partial charge is 0.118 e. The number of hydrogen-bond acceptors (Lipinski definition) is 3. The fourth-order valence-electron chi connectivity index (χ4n) is 2.57. The van der Waals surface area contributed by atoms with Crippen LogP contribution >= 0.6 is 0 Å². The molecule has 1 aromatic carbocycles. The Morgan fingerprint density at radius 1 is 1.19 bits per heavy atom. The molecule has 4 nitrogen and oxygen atoms in total. The van der Waals surface area contributed by atoms with Crippen molar-refractivity contribution in [2.45, 2.75) is 19.8 Å². The van der Waals surface area contributed by atoms with Gasteiger partial charge in [0.1, 0.15) is 5.75 Å². The van der Waals surface area contributed by atoms with Crippen molar-refractivity contribution < 1.29 is 4.74 Å². The van der Waals surface area contributed by atoms with Gasteiger partial charge in [0.05, 0.1) is 13.3 Å². The van der Waals surface area contributed by atoms with Gasteiger partial charge in [0.15, 0.2) is 0 Å². The number of nitrogens with zero attached hydrogens (tertiary/aromatic N) is 2. The van der Waals surface area contributed by atoms with Gasteiger partial charge in [0.2, 0.25) is 0 Å². The molecule has 2 rings (SSSR count). The molecule has 0 aliphatic rings. The van der Waals surface area contributed by atoms with Gasteiger partial charge >= 0.3 is 0 Å². The van der Waals surface area contributed by atoms with Crippen molar-refractivity contribution in [3.05, 3.63) is 47.8 Å². The number of benzene rings is 1. The predicted octanol–water partition coefficient (Wildman–Crippen LogP) is 2.44. The zero-order chi connectivity index (χ0) is 15.1. The van der Waals surface area contributed by atoms with Crippen LogP contribution < -0.4 is 10.1 Å². The van der Waals surface area contributed by atoms with Crippen LogP contribution in [0.1, 0.15) is 18.1 Å². The van der Waals surface area contributed by atoms with Gasteiger partial charge in [-0.1, -0.05) is 19.1 Å². The van der Waals surface area contributed by atoms with Crippen molar-refractivity contribution in [1.82, 2.24) is 15.1 Å². The molecule has 0 spiro atoms. The third kappa shape index (κ3) is 4.90. The van der Waals surface area contributed by atoms with E-state index in [0.717, 1.165) is 31.7 Å². The predicted molar refractivity (Wildman–Crippen MR) is 85.6 cm³/mol. The fraction of sp³-hybridized carbons (Fsp3) is 0.471. The zero-order valence-electron chi connectivity index (χ0n) is 13.2. The lowest BCUT2D eigenvalue weighted by atomic mass is 9.93. The first-order valence-electron chi connectivity index (χ1n) is 7.52. The minimum atomic E-state index is 0.572. The summed E-state index contributed by atoms with van der Waals surface area (Å²) >= 11 is 0. The Morgan fingerprint density at radius 2 is 1.90 bits per heavy atom. The number of aryl methyl sites for hydroxylation is 1. The summed E-state index contributed by atoms with van der Waals surface area (Å²) in [7, 11) is 3.66. The van der Waals surface area contributed by atoms with Gasteiger partial charge in [-0.25, -0.2) is 0 Å². The second-order valence-corrected chi connectivity index (χ2v) is 5.45. The normalized spacial score (nSPS) is 12.3. The summed E-state index contributed by atoms with van der Waals surface area (Å²) in [5.74, 6) is 1.48. The first-order valence-corrected chi connectivity index (χ1v) is 7.52. The lowest BCUT2D eigenvalue weighted by Crippen LogP contribution is -2.25. The van der Waals surface area contributed by atoms with Crippen LogP contribution in [0.25, 0.3) is 0 Å². The van der Waals surface area contributed by atoms with Crippen LogP contribution in [0.4, 0.5) is 0 Å². The Labute approximate surface area is 127 Å². The van der Waals surface area contributed by atoms with Crippen molar-refractivity contribution in [3.63, 3.8) is 0 Å². The van der Waals surface area contributed by atoms with Gasteiger partial charge in [0.25, 0.3) is 0 Å². The highest BCUT2D eigenvalue weighted by Gasteiger charge is 2.12. The molecule has 4 heteroatoms. The third-order valence-electron chi connectivity index (χ3n) is 3.65. The molecule has 0 saturated carbocycles. The molecule has 0 aliphatic carbocycles. The van der Waals surface area contributed by atoms with E-state index in [-0.39, 0.29) is 0 Å². The van der Waals surface area contributed by atoms with Crippen molar-refractivity contribution in [2.24, 2.45) is 13.0 Å². The number of nitrogens with one attached hydrogen (secondary N) is 1. The Bertz CT molecular complexity index is 533. The average molecular weight is 287 g/mol. The Balaban J connectivity index is 2.00. The van der Waals surface area contributed by atoms with Crippen LogP contribution in [0.5, 0.6) is 5.75 Å². The van der Waals surface area contributed by atoms with E-state index in [1.165, 1.54) is 11.1 Å². The van der Waals surface area contributed by atoms with Crippen LogP contribution in [0.2, 0.25) is 0 Å². The number of rotatable bonds is 8. The lowest BCUT2D eigenvalue weighted by molar-refractivity contribution is 0.414. The molecule has 1 aromatic heterocycles. The Kier molecular flexibility index (Phi) is 5.81. The van der Waals surface area contributed by atoms with Gasteiger partial charge in [-0.15, -0.1) is 0 Å². The lowest BCUT2D eigenvalue weighted by Gasteiger charge is -2.17. The summed E-state index contributed by atoms with van der Waals surface area (Å²) in [5, 5.41) is 7.73. The summed E-state index contributed by atoms with van der Waals surface area (Å²) in [6.07, 6.45) is 6.18. The molecule has 0 amide bonds. The molecule has 1 heterocycles. The van der Waals surface area contributed by atoms with E-state index in [4.69, 9.17) is 4.74 Å². The summed E-state index contributed by atoms with van der Waals surface area (Å²) in [4.78, 5) is 0. The third-order valence-corrected chi connectivity index (χ3v) is 3.65. The molecule has 1 N–H and O–H groups in total. The Morgan fingerprint density at radius 3 is 2.48 bits per heavy atom. The largest absolute Gasteiger partial charge is 0.497 e. The van der Waals surface area contributed by atoms with Crippen molar-refractivity contribution in [1.29, 1.82) is 0 Å². The minimum Gasteiger partial charge on any atom is -0.497 e. The monoisotopic (exact) mass is 287 g/mol. The molecule has 2 aromatic rings. The van der Waals surface area contributed by atoms with E-state index < -0.39 is 0 Å². The summed E-state index contributed by atoms with van der Waals surface area (Å²) in [6, 6.07) is 8.37. The highest BCUT2D eigenvalue weighted by Crippen LogP contribution is 2.17. The van der Waals surface area contributed by atoms with E-state index >= 15 is 0 Å². The second kappa shape index (κ2) is 7.84. The number of methoxy groups -OCH3 is 1. The van der Waals surface area contributed by atoms with Crippen molar-refractivity contribution in [2.75, 3.05) is 20.2 Å². The maximum atomic E-state index is 5.21. The minimum absolute atomic E-state index is 0.572. The Hall–Kier alpha value is -1.81. The standard InChI is InChI=1S/C17H25N3O/c1-4-18-11-15(10-16-12-19-20(2)13-16)9-14-5-7-17(21-3)8-6-14/h5-8,12-13,15,18H,4,9-11H2,1-3H3. The molecule has 1 atom stereocenters. The van der Waals surface area contributed by atoms with Crippen molar-refractivity contribution >= 4 is 0 Å². The molecular formula is C17H25N3O. The summed E-state index contributed by atoms with van der Waals surface area (Å²) in [6.45, 7) is 4.18. The van der Waals surface area contributed by atoms with Gasteiger partial charge in [-0.3, -0.25) is 4.68 Å². The highest BCUT2D eigenvalue weighted by atomic mass is 16.5. The molecule has 0 fully saturated rings. The second-order valence-electron chi connectivity index (χ2n) is 5.45. The van der Waals surface area contributed by atoms with E-state index in [0.29, 0.717) is 5.92 Å². The van der Waals surface area contributed by atoms with Crippen LogP contribution in [0, 0.1) is 5.92 Å². The molecule has 0 aliphatic heterocycles. The first kappa shape index (κ1) is 15.6. The molecular weight excluding hydrogens is 262 g/mol. The maximum Gasteiger partial charge on any atom is 0.118 e. The summed E-state index contributed by atoms with van der Waals surface area (Å²) in [5.41, 5.74) is 2.65. The molecule has 0 bridgehead atoms. The summed E-state index contributed by atoms with van der Waals surface area (Å²) < 4.78 is 7.08. The molecule has 0 radical (unpaired) electrons. The van der Waals surface area contributed by atoms with Gasteiger partial charge < -0.3 is 10.1 Å². The van der Waals surface area contributed by atoms with Crippen LogP contribution in [-0.2, 0) is 19.9 Å².